The van der Waals surface area contributed by atoms with Crippen LogP contribution in [0.3, 0.4) is 0 Å². The van der Waals surface area contributed by atoms with Gasteiger partial charge in [0.25, 0.3) is 0 Å². The highest BCUT2D eigenvalue weighted by Gasteiger charge is 2.19. The summed E-state index contributed by atoms with van der Waals surface area (Å²) in [4.78, 5) is 3.13. The molecule has 7 heteroatoms. The third-order valence-corrected chi connectivity index (χ3v) is 5.93. The van der Waals surface area contributed by atoms with Crippen LogP contribution in [0.5, 0.6) is 0 Å². The molecule has 0 radical (unpaired) electrons. The van der Waals surface area contributed by atoms with Gasteiger partial charge in [-0.1, -0.05) is 35.9 Å². The normalized spacial score (nSPS) is 13.5. The first-order valence-corrected chi connectivity index (χ1v) is 9.70. The minimum Gasteiger partial charge on any atom is -0.300 e. The number of likely N-dealkylation sites (N-methyl/N-ethyl adjacent to an activating group) is 1. The van der Waals surface area contributed by atoms with E-state index in [0.29, 0.717) is 17.1 Å². The molecule has 1 unspecified atom stereocenters. The van der Waals surface area contributed by atoms with Crippen molar-refractivity contribution in [3.05, 3.63) is 57.2 Å². The van der Waals surface area contributed by atoms with Gasteiger partial charge in [0.15, 0.2) is 0 Å². The van der Waals surface area contributed by atoms with E-state index in [1.165, 1.54) is 0 Å². The number of sulfonamides is 1. The first-order valence-electron chi connectivity index (χ1n) is 6.79. The zero-order chi connectivity index (χ0) is 16.2. The number of hydrogen-bond acceptors (Lipinski definition) is 4. The molecule has 0 aliphatic carbocycles. The second-order valence-electron chi connectivity index (χ2n) is 5.19. The van der Waals surface area contributed by atoms with Crippen molar-refractivity contribution in [2.24, 2.45) is 0 Å². The van der Waals surface area contributed by atoms with Gasteiger partial charge in [0, 0.05) is 16.4 Å². The van der Waals surface area contributed by atoms with Gasteiger partial charge in [-0.3, -0.25) is 0 Å². The van der Waals surface area contributed by atoms with Crippen LogP contribution < -0.4 is 4.72 Å². The third-order valence-electron chi connectivity index (χ3n) is 3.29. The zero-order valence-corrected chi connectivity index (χ0v) is 14.9. The van der Waals surface area contributed by atoms with Crippen LogP contribution in [0.15, 0.2) is 41.8 Å². The molecule has 2 aromatic rings. The van der Waals surface area contributed by atoms with Gasteiger partial charge in [-0.25, -0.2) is 13.1 Å². The van der Waals surface area contributed by atoms with Crippen LogP contribution >= 0.6 is 22.9 Å². The second-order valence-corrected chi connectivity index (χ2v) is 8.39. The SMILES string of the molecule is CN(C)C(CNS(=O)(=O)Cc1ccccc1Cl)c1cccs1. The van der Waals surface area contributed by atoms with Crippen LogP contribution in [0.4, 0.5) is 0 Å². The highest BCUT2D eigenvalue weighted by molar-refractivity contribution is 7.88. The van der Waals surface area contributed by atoms with Crippen molar-refractivity contribution >= 4 is 33.0 Å². The lowest BCUT2D eigenvalue weighted by Crippen LogP contribution is -2.34. The lowest BCUT2D eigenvalue weighted by molar-refractivity contribution is 0.303. The summed E-state index contributed by atoms with van der Waals surface area (Å²) in [7, 11) is 0.441. The summed E-state index contributed by atoms with van der Waals surface area (Å²) >= 11 is 7.64. The summed E-state index contributed by atoms with van der Waals surface area (Å²) in [5.74, 6) is -0.114. The number of hydrogen-bond donors (Lipinski definition) is 1. The fourth-order valence-electron chi connectivity index (χ4n) is 2.10. The number of nitrogens with zero attached hydrogens (tertiary/aromatic N) is 1. The molecule has 0 amide bonds. The van der Waals surface area contributed by atoms with Crippen molar-refractivity contribution < 1.29 is 8.42 Å². The Hall–Kier alpha value is -0.920. The van der Waals surface area contributed by atoms with Crippen molar-refractivity contribution in [3.8, 4) is 0 Å². The molecule has 0 saturated heterocycles. The molecule has 0 aliphatic heterocycles. The maximum Gasteiger partial charge on any atom is 0.215 e. The molecule has 0 spiro atoms. The van der Waals surface area contributed by atoms with E-state index < -0.39 is 10.0 Å². The largest absolute Gasteiger partial charge is 0.300 e. The van der Waals surface area contributed by atoms with Crippen LogP contribution in [0.1, 0.15) is 16.5 Å². The third kappa shape index (κ3) is 4.79. The maximum atomic E-state index is 12.3. The van der Waals surface area contributed by atoms with E-state index in [-0.39, 0.29) is 11.8 Å². The van der Waals surface area contributed by atoms with E-state index in [0.717, 1.165) is 4.88 Å². The molecule has 0 bridgehead atoms. The van der Waals surface area contributed by atoms with Gasteiger partial charge in [0.1, 0.15) is 0 Å². The zero-order valence-electron chi connectivity index (χ0n) is 12.5. The van der Waals surface area contributed by atoms with Crippen LogP contribution in [0.25, 0.3) is 0 Å². The Morgan fingerprint density at radius 1 is 1.23 bits per heavy atom. The van der Waals surface area contributed by atoms with E-state index >= 15 is 0 Å². The fourth-order valence-corrected chi connectivity index (χ4v) is 4.48. The van der Waals surface area contributed by atoms with Gasteiger partial charge in [0.05, 0.1) is 11.8 Å². The summed E-state index contributed by atoms with van der Waals surface area (Å²) in [6.07, 6.45) is 0. The smallest absolute Gasteiger partial charge is 0.215 e. The Bertz CT molecular complexity index is 700. The molecule has 0 fully saturated rings. The molecular formula is C15H19ClN2O2S2. The van der Waals surface area contributed by atoms with Crippen LogP contribution in [0, 0.1) is 0 Å². The Morgan fingerprint density at radius 2 is 1.95 bits per heavy atom. The summed E-state index contributed by atoms with van der Waals surface area (Å²) in [5.41, 5.74) is 0.606. The highest BCUT2D eigenvalue weighted by atomic mass is 35.5. The van der Waals surface area contributed by atoms with Crippen LogP contribution in [0.2, 0.25) is 5.02 Å². The molecule has 1 atom stereocenters. The quantitative estimate of drug-likeness (QED) is 0.827. The first kappa shape index (κ1) is 17.4. The standard InChI is InChI=1S/C15H19ClN2O2S2/c1-18(2)14(15-8-5-9-21-15)10-17-22(19,20)11-12-6-3-4-7-13(12)16/h3-9,14,17H,10-11H2,1-2H3. The number of rotatable bonds is 7. The van der Waals surface area contributed by atoms with Gasteiger partial charge in [-0.15, -0.1) is 11.3 Å². The first-order chi connectivity index (χ1) is 10.4. The van der Waals surface area contributed by atoms with E-state index in [2.05, 4.69) is 4.72 Å². The summed E-state index contributed by atoms with van der Waals surface area (Å²) in [6.45, 7) is 0.334. The molecular weight excluding hydrogens is 340 g/mol. The molecule has 1 aromatic heterocycles. The average Bonchev–Trinajstić information content (AvgIpc) is 2.95. The number of halogens is 1. The van der Waals surface area contributed by atoms with Gasteiger partial charge in [-0.05, 0) is 37.2 Å². The Morgan fingerprint density at radius 3 is 2.55 bits per heavy atom. The molecule has 1 N–H and O–H groups in total. The van der Waals surface area contributed by atoms with Crippen molar-refractivity contribution in [1.82, 2.24) is 9.62 Å². The monoisotopic (exact) mass is 358 g/mol. The van der Waals surface area contributed by atoms with E-state index in [4.69, 9.17) is 11.6 Å². The number of benzene rings is 1. The fraction of sp³-hybridized carbons (Fsp3) is 0.333. The predicted octanol–water partition coefficient (Wildman–Crippen LogP) is 3.12. The minimum absolute atomic E-state index is 0.0148. The van der Waals surface area contributed by atoms with E-state index in [1.807, 2.05) is 36.5 Å². The van der Waals surface area contributed by atoms with Gasteiger partial charge in [-0.2, -0.15) is 0 Å². The van der Waals surface area contributed by atoms with Crippen LogP contribution in [-0.2, 0) is 15.8 Å². The van der Waals surface area contributed by atoms with Gasteiger partial charge < -0.3 is 4.90 Å². The van der Waals surface area contributed by atoms with E-state index in [9.17, 15) is 8.42 Å². The second kappa shape index (κ2) is 7.57. The highest BCUT2D eigenvalue weighted by Crippen LogP contribution is 2.23. The van der Waals surface area contributed by atoms with Gasteiger partial charge in [0.2, 0.25) is 10.0 Å². The summed E-state index contributed by atoms with van der Waals surface area (Å²) in [5, 5.41) is 2.46. The average molecular weight is 359 g/mol. The van der Waals surface area contributed by atoms with Crippen molar-refractivity contribution in [1.29, 1.82) is 0 Å². The summed E-state index contributed by atoms with van der Waals surface area (Å²) in [6, 6.07) is 11.0. The lowest BCUT2D eigenvalue weighted by Gasteiger charge is -2.23. The Labute approximate surface area is 140 Å². The lowest BCUT2D eigenvalue weighted by atomic mass is 10.2. The molecule has 22 heavy (non-hydrogen) atoms. The van der Waals surface area contributed by atoms with E-state index in [1.54, 1.807) is 35.6 Å². The molecule has 120 valence electrons. The number of thiophene rings is 1. The van der Waals surface area contributed by atoms with Crippen LogP contribution in [-0.4, -0.2) is 34.0 Å². The molecule has 2 rings (SSSR count). The molecule has 0 aliphatic rings. The topological polar surface area (TPSA) is 49.4 Å². The molecule has 4 nitrogen and oxygen atoms in total. The minimum atomic E-state index is -3.43. The Balaban J connectivity index is 2.04. The maximum absolute atomic E-state index is 12.3. The summed E-state index contributed by atoms with van der Waals surface area (Å²) < 4.78 is 27.2. The van der Waals surface area contributed by atoms with Gasteiger partial charge >= 0.3 is 0 Å². The Kier molecular flexibility index (Phi) is 6.00. The molecule has 0 saturated carbocycles. The molecule has 1 heterocycles. The van der Waals surface area contributed by atoms with Crippen molar-refractivity contribution in [2.45, 2.75) is 11.8 Å². The van der Waals surface area contributed by atoms with Crippen molar-refractivity contribution in [2.75, 3.05) is 20.6 Å². The molecule has 1 aromatic carbocycles. The van der Waals surface area contributed by atoms with Crippen molar-refractivity contribution in [3.63, 3.8) is 0 Å². The number of nitrogens with one attached hydrogen (secondary N) is 1. The predicted molar refractivity (Wildman–Crippen MR) is 92.8 cm³/mol.